The van der Waals surface area contributed by atoms with Gasteiger partial charge in [0.25, 0.3) is 0 Å². The minimum absolute atomic E-state index is 0.165. The van der Waals surface area contributed by atoms with E-state index in [4.69, 9.17) is 0 Å². The molecule has 3 N–H and O–H groups in total. The van der Waals surface area contributed by atoms with Crippen LogP contribution in [0.4, 0.5) is 11.5 Å². The Kier molecular flexibility index (Phi) is 5.71. The summed E-state index contributed by atoms with van der Waals surface area (Å²) >= 11 is 0. The first-order valence-corrected chi connectivity index (χ1v) is 7.53. The largest absolute Gasteiger partial charge is 0.459 e. The number of rotatable bonds is 4. The summed E-state index contributed by atoms with van der Waals surface area (Å²) in [5.74, 6) is -1.10. The van der Waals surface area contributed by atoms with Crippen molar-refractivity contribution < 1.29 is 14.3 Å². The number of piperidine rings is 1. The smallest absolute Gasteiger partial charge is 0.397 e. The number of amides is 1. The molecule has 1 aliphatic heterocycles. The fourth-order valence-electron chi connectivity index (χ4n) is 2.30. The maximum Gasteiger partial charge on any atom is 0.397 e. The lowest BCUT2D eigenvalue weighted by atomic mass is 10.1. The van der Waals surface area contributed by atoms with Crippen molar-refractivity contribution in [3.63, 3.8) is 0 Å². The summed E-state index contributed by atoms with van der Waals surface area (Å²) in [6.45, 7) is 5.61. The van der Waals surface area contributed by atoms with E-state index in [9.17, 15) is 9.59 Å². The van der Waals surface area contributed by atoms with E-state index in [0.717, 1.165) is 31.6 Å². The number of aryl methyl sites for hydroxylation is 1. The van der Waals surface area contributed by atoms with Gasteiger partial charge in [0.1, 0.15) is 5.82 Å². The van der Waals surface area contributed by atoms with Gasteiger partial charge in [-0.05, 0) is 51.9 Å². The number of hydrogen-bond donors (Lipinski definition) is 3. The number of hydrogen-bond acceptors (Lipinski definition) is 6. The molecule has 0 radical (unpaired) electrons. The maximum atomic E-state index is 11.8. The second kappa shape index (κ2) is 7.74. The molecule has 0 unspecified atom stereocenters. The highest BCUT2D eigenvalue weighted by Crippen LogP contribution is 2.22. The molecule has 1 aromatic heterocycles. The van der Waals surface area contributed by atoms with Gasteiger partial charge in [-0.15, -0.1) is 0 Å². The number of esters is 1. The third-order valence-electron chi connectivity index (χ3n) is 3.42. The zero-order chi connectivity index (χ0) is 15.9. The molecule has 1 fully saturated rings. The molecule has 0 atom stereocenters. The molecule has 1 aliphatic rings. The average molecular weight is 306 g/mol. The molecule has 0 saturated carbocycles. The number of nitrogens with one attached hydrogen (secondary N) is 3. The van der Waals surface area contributed by atoms with Crippen molar-refractivity contribution in [1.29, 1.82) is 0 Å². The molecule has 0 spiro atoms. The lowest BCUT2D eigenvalue weighted by molar-refractivity contribution is -0.152. The van der Waals surface area contributed by atoms with Crippen LogP contribution < -0.4 is 16.0 Å². The normalized spacial score (nSPS) is 15.2. The summed E-state index contributed by atoms with van der Waals surface area (Å²) in [4.78, 5) is 27.6. The Bertz CT molecular complexity index is 542. The van der Waals surface area contributed by atoms with Crippen molar-refractivity contribution in [2.75, 3.05) is 30.3 Å². The van der Waals surface area contributed by atoms with Crippen molar-refractivity contribution >= 4 is 23.4 Å². The van der Waals surface area contributed by atoms with Crippen LogP contribution in [0.5, 0.6) is 0 Å². The van der Waals surface area contributed by atoms with Crippen LogP contribution in [0.3, 0.4) is 0 Å². The molecule has 1 amide bonds. The van der Waals surface area contributed by atoms with Gasteiger partial charge in [0.15, 0.2) is 0 Å². The summed E-state index contributed by atoms with van der Waals surface area (Å²) in [7, 11) is 0. The van der Waals surface area contributed by atoms with Gasteiger partial charge in [0, 0.05) is 11.7 Å². The predicted octanol–water partition coefficient (Wildman–Crippen LogP) is 1.06. The van der Waals surface area contributed by atoms with Crippen LogP contribution in [-0.2, 0) is 14.3 Å². The predicted molar refractivity (Wildman–Crippen MR) is 83.8 cm³/mol. The van der Waals surface area contributed by atoms with E-state index in [1.54, 1.807) is 19.1 Å². The van der Waals surface area contributed by atoms with Crippen LogP contribution in [-0.4, -0.2) is 42.6 Å². The number of pyridine rings is 1. The quantitative estimate of drug-likeness (QED) is 0.569. The Hall–Kier alpha value is -2.15. The first-order valence-electron chi connectivity index (χ1n) is 7.53. The summed E-state index contributed by atoms with van der Waals surface area (Å²) in [5.41, 5.74) is 1.33. The second-order valence-electron chi connectivity index (χ2n) is 5.19. The summed E-state index contributed by atoms with van der Waals surface area (Å²) in [5, 5.41) is 9.20. The molecule has 7 nitrogen and oxygen atoms in total. The number of carbonyl (C=O) groups excluding carboxylic acids is 2. The SMILES string of the molecule is CCOC(=O)C(=O)Nc1ccc(C)nc1NC1CCNCC1. The van der Waals surface area contributed by atoms with Crippen LogP contribution >= 0.6 is 0 Å². The Balaban J connectivity index is 2.09. The summed E-state index contributed by atoms with van der Waals surface area (Å²) in [6, 6.07) is 3.82. The molecule has 0 aliphatic carbocycles. The Labute approximate surface area is 129 Å². The molecule has 120 valence electrons. The number of anilines is 2. The molecular formula is C15H22N4O3. The zero-order valence-electron chi connectivity index (χ0n) is 12.9. The van der Waals surface area contributed by atoms with Gasteiger partial charge in [-0.2, -0.15) is 0 Å². The molecule has 0 aromatic carbocycles. The van der Waals surface area contributed by atoms with Crippen molar-refractivity contribution in [2.24, 2.45) is 0 Å². The highest BCUT2D eigenvalue weighted by molar-refractivity contribution is 6.37. The van der Waals surface area contributed by atoms with Crippen molar-refractivity contribution in [2.45, 2.75) is 32.7 Å². The molecule has 2 heterocycles. The highest BCUT2D eigenvalue weighted by Gasteiger charge is 2.19. The number of nitrogens with zero attached hydrogens (tertiary/aromatic N) is 1. The van der Waals surface area contributed by atoms with Gasteiger partial charge < -0.3 is 20.7 Å². The standard InChI is InChI=1S/C15H22N4O3/c1-3-22-15(21)14(20)19-12-5-4-10(2)17-13(12)18-11-6-8-16-9-7-11/h4-5,11,16H,3,6-9H2,1-2H3,(H,17,18)(H,19,20). The summed E-state index contributed by atoms with van der Waals surface area (Å²) in [6.07, 6.45) is 1.97. The molecule has 2 rings (SSSR count). The van der Waals surface area contributed by atoms with E-state index in [-0.39, 0.29) is 6.61 Å². The minimum Gasteiger partial charge on any atom is -0.459 e. The lowest BCUT2D eigenvalue weighted by Crippen LogP contribution is -2.36. The van der Waals surface area contributed by atoms with E-state index in [1.165, 1.54) is 0 Å². The van der Waals surface area contributed by atoms with Gasteiger partial charge in [-0.3, -0.25) is 4.79 Å². The van der Waals surface area contributed by atoms with Gasteiger partial charge in [0.2, 0.25) is 0 Å². The maximum absolute atomic E-state index is 11.8. The Morgan fingerprint density at radius 2 is 2.09 bits per heavy atom. The Morgan fingerprint density at radius 1 is 1.36 bits per heavy atom. The summed E-state index contributed by atoms with van der Waals surface area (Å²) < 4.78 is 4.69. The third kappa shape index (κ3) is 4.42. The second-order valence-corrected chi connectivity index (χ2v) is 5.19. The van der Waals surface area contributed by atoms with E-state index < -0.39 is 11.9 Å². The van der Waals surface area contributed by atoms with E-state index >= 15 is 0 Å². The first-order chi connectivity index (χ1) is 10.6. The first kappa shape index (κ1) is 16.2. The minimum atomic E-state index is -0.893. The lowest BCUT2D eigenvalue weighted by Gasteiger charge is -2.25. The van der Waals surface area contributed by atoms with Crippen molar-refractivity contribution in [3.05, 3.63) is 17.8 Å². The Morgan fingerprint density at radius 3 is 2.77 bits per heavy atom. The van der Waals surface area contributed by atoms with Crippen LogP contribution in [0.2, 0.25) is 0 Å². The zero-order valence-corrected chi connectivity index (χ0v) is 12.9. The molecule has 7 heteroatoms. The van der Waals surface area contributed by atoms with E-state index in [0.29, 0.717) is 17.5 Å². The molecule has 22 heavy (non-hydrogen) atoms. The fourth-order valence-corrected chi connectivity index (χ4v) is 2.30. The monoisotopic (exact) mass is 306 g/mol. The van der Waals surface area contributed by atoms with Crippen LogP contribution in [0.15, 0.2) is 12.1 Å². The average Bonchev–Trinajstić information content (AvgIpc) is 2.51. The number of ether oxygens (including phenoxy) is 1. The van der Waals surface area contributed by atoms with Gasteiger partial charge in [0.05, 0.1) is 12.3 Å². The third-order valence-corrected chi connectivity index (χ3v) is 3.42. The molecule has 1 aromatic rings. The van der Waals surface area contributed by atoms with Crippen LogP contribution in [0.1, 0.15) is 25.5 Å². The topological polar surface area (TPSA) is 92.4 Å². The van der Waals surface area contributed by atoms with Gasteiger partial charge in [-0.1, -0.05) is 0 Å². The van der Waals surface area contributed by atoms with Crippen LogP contribution in [0.25, 0.3) is 0 Å². The van der Waals surface area contributed by atoms with E-state index in [1.807, 2.05) is 6.92 Å². The molecular weight excluding hydrogens is 284 g/mol. The van der Waals surface area contributed by atoms with E-state index in [2.05, 4.69) is 25.7 Å². The fraction of sp³-hybridized carbons (Fsp3) is 0.533. The van der Waals surface area contributed by atoms with Crippen molar-refractivity contribution in [3.8, 4) is 0 Å². The van der Waals surface area contributed by atoms with Crippen LogP contribution in [0, 0.1) is 6.92 Å². The van der Waals surface area contributed by atoms with Crippen molar-refractivity contribution in [1.82, 2.24) is 10.3 Å². The molecule has 1 saturated heterocycles. The van der Waals surface area contributed by atoms with Gasteiger partial charge >= 0.3 is 11.9 Å². The van der Waals surface area contributed by atoms with Gasteiger partial charge in [-0.25, -0.2) is 9.78 Å². The highest BCUT2D eigenvalue weighted by atomic mass is 16.5. The molecule has 0 bridgehead atoms. The number of carbonyl (C=O) groups is 2. The number of aromatic nitrogens is 1.